The summed E-state index contributed by atoms with van der Waals surface area (Å²) in [4.78, 5) is 13.1. The molecule has 1 N–H and O–H groups in total. The molecule has 1 aliphatic carbocycles. The normalized spacial score (nSPS) is 21.0. The summed E-state index contributed by atoms with van der Waals surface area (Å²) in [6, 6.07) is 24.7. The van der Waals surface area contributed by atoms with E-state index in [0.717, 1.165) is 16.5 Å². The van der Waals surface area contributed by atoms with E-state index < -0.39 is 42.7 Å². The third-order valence-corrected chi connectivity index (χ3v) is 10.2. The first-order valence-electron chi connectivity index (χ1n) is 15.8. The van der Waals surface area contributed by atoms with Gasteiger partial charge < -0.3 is 28.7 Å². The monoisotopic (exact) mass is 607 g/mol. The summed E-state index contributed by atoms with van der Waals surface area (Å²) in [5.74, 6) is -0.0104. The van der Waals surface area contributed by atoms with Crippen LogP contribution in [0.15, 0.2) is 78.3 Å². The van der Waals surface area contributed by atoms with Crippen LogP contribution in [0, 0.1) is 0 Å². The molecule has 6 rings (SSSR count). The summed E-state index contributed by atoms with van der Waals surface area (Å²) in [6.45, 7) is 16.7. The molecule has 2 aliphatic heterocycles. The lowest BCUT2D eigenvalue weighted by molar-refractivity contribution is 0.00578. The Morgan fingerprint density at radius 3 is 1.76 bits per heavy atom. The number of benzene rings is 3. The maximum absolute atomic E-state index is 13.1. The SMILES string of the molecule is CC1(C)OB(C(=Cc2ccc(B3OC(C)(C)C(C)(C)O3)cc2)CNC(=O)OCC2c3ccccc3-c3ccccc32)OC1(C)C. The Labute approximate surface area is 267 Å². The molecule has 9 heteroatoms. The zero-order valence-corrected chi connectivity index (χ0v) is 27.6. The largest absolute Gasteiger partial charge is 0.494 e. The number of ether oxygens (including phenoxy) is 1. The molecular weight excluding hydrogens is 564 g/mol. The van der Waals surface area contributed by atoms with Crippen LogP contribution >= 0.6 is 0 Å². The highest BCUT2D eigenvalue weighted by Crippen LogP contribution is 2.44. The third kappa shape index (κ3) is 5.99. The van der Waals surface area contributed by atoms with Crippen molar-refractivity contribution in [1.82, 2.24) is 5.32 Å². The molecule has 0 saturated carbocycles. The van der Waals surface area contributed by atoms with Crippen LogP contribution in [-0.2, 0) is 23.4 Å². The highest BCUT2D eigenvalue weighted by Gasteiger charge is 2.53. The molecule has 0 spiro atoms. The molecule has 0 radical (unpaired) electrons. The topological polar surface area (TPSA) is 75.2 Å². The second kappa shape index (κ2) is 11.5. The van der Waals surface area contributed by atoms with Crippen LogP contribution in [0.25, 0.3) is 17.2 Å². The van der Waals surface area contributed by atoms with Gasteiger partial charge in [-0.05, 0) is 94.1 Å². The molecular formula is C36H43B2NO6. The molecule has 2 fully saturated rings. The van der Waals surface area contributed by atoms with E-state index >= 15 is 0 Å². The summed E-state index contributed by atoms with van der Waals surface area (Å²) in [5, 5.41) is 2.95. The predicted octanol–water partition coefficient (Wildman–Crippen LogP) is 6.54. The highest BCUT2D eigenvalue weighted by molar-refractivity contribution is 6.62. The standard InChI is InChI=1S/C36H43B2NO6/c1-33(2)34(3,4)43-37(42-33)25-19-17-24(18-20-25)21-26(38-44-35(5,6)36(7,8)45-38)22-39-32(40)41-23-31-29-15-11-9-13-27(29)28-14-10-12-16-30(28)31/h9-21,31H,22-23H2,1-8H3,(H,39,40). The van der Waals surface area contributed by atoms with E-state index in [2.05, 4.69) is 29.6 Å². The quantitative estimate of drug-likeness (QED) is 0.308. The lowest BCUT2D eigenvalue weighted by Gasteiger charge is -2.32. The summed E-state index contributed by atoms with van der Waals surface area (Å²) >= 11 is 0. The minimum absolute atomic E-state index is 0.0104. The fourth-order valence-corrected chi connectivity index (χ4v) is 5.96. The molecule has 0 bridgehead atoms. The summed E-state index contributed by atoms with van der Waals surface area (Å²) in [5.41, 5.74) is 5.52. The van der Waals surface area contributed by atoms with Crippen molar-refractivity contribution < 1.29 is 28.1 Å². The molecule has 0 aromatic heterocycles. The predicted molar refractivity (Wildman–Crippen MR) is 179 cm³/mol. The second-order valence-corrected chi connectivity index (χ2v) is 14.2. The van der Waals surface area contributed by atoms with Gasteiger partial charge in [0.1, 0.15) is 6.61 Å². The van der Waals surface area contributed by atoms with E-state index in [1.165, 1.54) is 22.3 Å². The number of hydrogen-bond acceptors (Lipinski definition) is 6. The lowest BCUT2D eigenvalue weighted by Crippen LogP contribution is -2.41. The average Bonchev–Trinajstić information content (AvgIpc) is 3.51. The van der Waals surface area contributed by atoms with Crippen LogP contribution in [0.2, 0.25) is 0 Å². The van der Waals surface area contributed by atoms with E-state index in [-0.39, 0.29) is 19.1 Å². The Bertz CT molecular complexity index is 1540. The van der Waals surface area contributed by atoms with E-state index in [1.807, 2.05) is 110 Å². The molecule has 2 saturated heterocycles. The van der Waals surface area contributed by atoms with Gasteiger partial charge in [0.05, 0.1) is 22.4 Å². The highest BCUT2D eigenvalue weighted by atomic mass is 16.7. The molecule has 234 valence electrons. The summed E-state index contributed by atoms with van der Waals surface area (Å²) in [7, 11) is -1.07. The second-order valence-electron chi connectivity index (χ2n) is 14.2. The molecule has 3 aromatic rings. The number of carbonyl (C=O) groups is 1. The van der Waals surface area contributed by atoms with Gasteiger partial charge in [0.25, 0.3) is 0 Å². The van der Waals surface area contributed by atoms with Crippen molar-refractivity contribution in [2.24, 2.45) is 0 Å². The molecule has 45 heavy (non-hydrogen) atoms. The number of nitrogens with one attached hydrogen (secondary N) is 1. The number of alkyl carbamates (subject to hydrolysis) is 1. The van der Waals surface area contributed by atoms with Crippen molar-refractivity contribution in [2.45, 2.75) is 83.7 Å². The minimum Gasteiger partial charge on any atom is -0.449 e. The first-order chi connectivity index (χ1) is 21.2. The average molecular weight is 607 g/mol. The molecule has 2 heterocycles. The summed E-state index contributed by atoms with van der Waals surface area (Å²) < 4.78 is 31.0. The molecule has 3 aliphatic rings. The Balaban J connectivity index is 1.16. The van der Waals surface area contributed by atoms with E-state index in [0.29, 0.717) is 0 Å². The molecule has 7 nitrogen and oxygen atoms in total. The number of hydrogen-bond donors (Lipinski definition) is 1. The molecule has 0 atom stereocenters. The van der Waals surface area contributed by atoms with Gasteiger partial charge in [-0.1, -0.05) is 78.9 Å². The van der Waals surface area contributed by atoms with Gasteiger partial charge in [0.15, 0.2) is 0 Å². The van der Waals surface area contributed by atoms with Gasteiger partial charge in [-0.3, -0.25) is 0 Å². The van der Waals surface area contributed by atoms with Crippen molar-refractivity contribution in [3.05, 3.63) is 95.0 Å². The van der Waals surface area contributed by atoms with Gasteiger partial charge in [-0.15, -0.1) is 0 Å². The summed E-state index contributed by atoms with van der Waals surface area (Å²) in [6.07, 6.45) is 1.51. The lowest BCUT2D eigenvalue weighted by atomic mass is 9.76. The van der Waals surface area contributed by atoms with Crippen LogP contribution < -0.4 is 10.8 Å². The van der Waals surface area contributed by atoms with Crippen molar-refractivity contribution in [2.75, 3.05) is 13.2 Å². The smallest absolute Gasteiger partial charge is 0.449 e. The van der Waals surface area contributed by atoms with Crippen LogP contribution in [0.4, 0.5) is 4.79 Å². The van der Waals surface area contributed by atoms with E-state index in [9.17, 15) is 4.79 Å². The zero-order valence-electron chi connectivity index (χ0n) is 27.6. The first kappa shape index (κ1) is 31.6. The van der Waals surface area contributed by atoms with Crippen LogP contribution in [-0.4, -0.2) is 55.9 Å². The van der Waals surface area contributed by atoms with Crippen molar-refractivity contribution >= 4 is 31.9 Å². The van der Waals surface area contributed by atoms with E-state index in [1.54, 1.807) is 0 Å². The van der Waals surface area contributed by atoms with Crippen molar-refractivity contribution in [3.63, 3.8) is 0 Å². The fourth-order valence-electron chi connectivity index (χ4n) is 5.96. The minimum atomic E-state index is -0.633. The number of amides is 1. The van der Waals surface area contributed by atoms with Crippen LogP contribution in [0.1, 0.15) is 78.0 Å². The molecule has 3 aromatic carbocycles. The first-order valence-corrected chi connectivity index (χ1v) is 15.8. The van der Waals surface area contributed by atoms with Gasteiger partial charge in [-0.25, -0.2) is 4.79 Å². The number of rotatable bonds is 7. The van der Waals surface area contributed by atoms with Gasteiger partial charge in [0, 0.05) is 12.5 Å². The van der Waals surface area contributed by atoms with Crippen LogP contribution in [0.3, 0.4) is 0 Å². The van der Waals surface area contributed by atoms with Gasteiger partial charge in [-0.2, -0.15) is 0 Å². The van der Waals surface area contributed by atoms with E-state index in [4.69, 9.17) is 23.4 Å². The Hall–Kier alpha value is -3.36. The zero-order chi connectivity index (χ0) is 32.2. The molecule has 0 unspecified atom stereocenters. The van der Waals surface area contributed by atoms with Crippen molar-refractivity contribution in [1.29, 1.82) is 0 Å². The van der Waals surface area contributed by atoms with Gasteiger partial charge >= 0.3 is 20.3 Å². The fraction of sp³-hybridized carbons (Fsp3) is 0.417. The Morgan fingerprint density at radius 2 is 1.22 bits per heavy atom. The number of fused-ring (bicyclic) bond motifs is 3. The maximum Gasteiger partial charge on any atom is 0.494 e. The van der Waals surface area contributed by atoms with Crippen LogP contribution in [0.5, 0.6) is 0 Å². The Kier molecular flexibility index (Phi) is 8.05. The maximum atomic E-state index is 13.1. The Morgan fingerprint density at radius 1 is 0.733 bits per heavy atom. The molecule has 1 amide bonds. The van der Waals surface area contributed by atoms with Gasteiger partial charge in [0.2, 0.25) is 0 Å². The third-order valence-electron chi connectivity index (χ3n) is 10.2. The number of carbonyl (C=O) groups excluding carboxylic acids is 1. The van der Waals surface area contributed by atoms with Crippen molar-refractivity contribution in [3.8, 4) is 11.1 Å².